The Labute approximate surface area is 159 Å². The smallest absolute Gasteiger partial charge is 0.343 e. The zero-order chi connectivity index (χ0) is 18.8. The molecule has 0 bridgehead atoms. The first-order valence-electron chi connectivity index (χ1n) is 7.80. The number of ether oxygens (including phenoxy) is 1. The van der Waals surface area contributed by atoms with Crippen LogP contribution in [0.1, 0.15) is 4.88 Å². The second kappa shape index (κ2) is 7.45. The Morgan fingerprint density at radius 3 is 2.35 bits per heavy atom. The van der Waals surface area contributed by atoms with E-state index in [1.54, 1.807) is 30.3 Å². The van der Waals surface area contributed by atoms with Gasteiger partial charge in [0.25, 0.3) is 0 Å². The van der Waals surface area contributed by atoms with Crippen molar-refractivity contribution in [1.82, 2.24) is 4.90 Å². The van der Waals surface area contributed by atoms with Crippen molar-refractivity contribution in [2.75, 3.05) is 25.7 Å². The Morgan fingerprint density at radius 2 is 1.77 bits per heavy atom. The van der Waals surface area contributed by atoms with E-state index in [-0.39, 0.29) is 6.67 Å². The highest BCUT2D eigenvalue weighted by atomic mass is 35.5. The van der Waals surface area contributed by atoms with E-state index >= 15 is 0 Å². The van der Waals surface area contributed by atoms with Crippen molar-refractivity contribution in [2.24, 2.45) is 0 Å². The molecule has 1 atom stereocenters. The number of carbonyl (C=O) groups is 3. The highest BCUT2D eigenvalue weighted by molar-refractivity contribution is 7.16. The fourth-order valence-electron chi connectivity index (χ4n) is 2.67. The van der Waals surface area contributed by atoms with Crippen LogP contribution in [0.4, 0.5) is 10.5 Å². The van der Waals surface area contributed by atoms with Crippen molar-refractivity contribution < 1.29 is 24.0 Å². The molecule has 1 aromatic carbocycles. The molecule has 0 spiro atoms. The maximum Gasteiger partial charge on any atom is 0.343 e. The van der Waals surface area contributed by atoms with Crippen LogP contribution in [0.15, 0.2) is 36.4 Å². The fourth-order valence-corrected chi connectivity index (χ4v) is 3.88. The number of carbonyl (C=O) groups excluding carboxylic acids is 3. The monoisotopic (exact) mass is 394 g/mol. The van der Waals surface area contributed by atoms with E-state index in [0.29, 0.717) is 22.3 Å². The average Bonchev–Trinajstić information content (AvgIpc) is 3.12. The highest BCUT2D eigenvalue weighted by Crippen LogP contribution is 2.24. The van der Waals surface area contributed by atoms with Gasteiger partial charge < -0.3 is 9.64 Å². The standard InChI is InChI=1S/C17H16ClN3O4S/c1-19(9-13-7-8-14(18)26-13)10-20-15(22)16(23)21(17(20)24)11-3-5-12(25-2)6-4-11/h3-8H,9-10H2,1-2H3/p+1. The molecule has 1 aliphatic heterocycles. The summed E-state index contributed by atoms with van der Waals surface area (Å²) < 4.78 is 5.74. The Kier molecular flexibility index (Phi) is 5.26. The second-order valence-corrected chi connectivity index (χ2v) is 7.65. The zero-order valence-corrected chi connectivity index (χ0v) is 15.8. The topological polar surface area (TPSA) is 71.4 Å². The zero-order valence-electron chi connectivity index (χ0n) is 14.2. The lowest BCUT2D eigenvalue weighted by atomic mass is 10.3. The van der Waals surface area contributed by atoms with Crippen LogP contribution in [0, 0.1) is 0 Å². The molecular weight excluding hydrogens is 378 g/mol. The van der Waals surface area contributed by atoms with Crippen molar-refractivity contribution in [2.45, 2.75) is 6.54 Å². The quantitative estimate of drug-likeness (QED) is 0.593. The Morgan fingerprint density at radius 1 is 1.08 bits per heavy atom. The van der Waals surface area contributed by atoms with Gasteiger partial charge in [-0.3, -0.25) is 9.59 Å². The molecular formula is C17H17ClN3O4S+. The molecule has 1 saturated heterocycles. The molecule has 3 rings (SSSR count). The van der Waals surface area contributed by atoms with Crippen LogP contribution in [-0.2, 0) is 16.1 Å². The third-order valence-electron chi connectivity index (χ3n) is 3.92. The molecule has 26 heavy (non-hydrogen) atoms. The lowest BCUT2D eigenvalue weighted by Gasteiger charge is -2.19. The molecule has 1 aliphatic rings. The molecule has 9 heteroatoms. The minimum atomic E-state index is -0.855. The van der Waals surface area contributed by atoms with E-state index in [9.17, 15) is 14.4 Å². The number of methoxy groups -OCH3 is 1. The van der Waals surface area contributed by atoms with Gasteiger partial charge in [-0.25, -0.2) is 14.6 Å². The van der Waals surface area contributed by atoms with Crippen molar-refractivity contribution in [3.8, 4) is 5.75 Å². The van der Waals surface area contributed by atoms with Gasteiger partial charge in [0.1, 0.15) is 12.3 Å². The molecule has 2 heterocycles. The number of halogens is 1. The van der Waals surface area contributed by atoms with Crippen molar-refractivity contribution >= 4 is 46.5 Å². The van der Waals surface area contributed by atoms with E-state index in [1.165, 1.54) is 18.4 Å². The summed E-state index contributed by atoms with van der Waals surface area (Å²) >= 11 is 7.36. The summed E-state index contributed by atoms with van der Waals surface area (Å²) in [6.07, 6.45) is 0. The minimum Gasteiger partial charge on any atom is -0.497 e. The van der Waals surface area contributed by atoms with Crippen LogP contribution in [0.25, 0.3) is 0 Å². The summed E-state index contributed by atoms with van der Waals surface area (Å²) in [6.45, 7) is 0.677. The molecule has 136 valence electrons. The number of imide groups is 2. The van der Waals surface area contributed by atoms with Gasteiger partial charge in [0.15, 0.2) is 6.67 Å². The van der Waals surface area contributed by atoms with Gasteiger partial charge in [-0.05, 0) is 36.4 Å². The summed E-state index contributed by atoms with van der Waals surface area (Å²) in [5, 5.41) is 0. The van der Waals surface area contributed by atoms with Gasteiger partial charge in [0.05, 0.1) is 29.1 Å². The number of amides is 4. The van der Waals surface area contributed by atoms with Crippen molar-refractivity contribution in [1.29, 1.82) is 0 Å². The van der Waals surface area contributed by atoms with E-state index < -0.39 is 17.8 Å². The van der Waals surface area contributed by atoms with Crippen LogP contribution in [0.5, 0.6) is 5.75 Å². The lowest BCUT2D eigenvalue weighted by Crippen LogP contribution is -3.09. The molecule has 4 amide bonds. The molecule has 0 radical (unpaired) electrons. The molecule has 0 aliphatic carbocycles. The number of nitrogens with one attached hydrogen (secondary N) is 1. The number of rotatable bonds is 6. The van der Waals surface area contributed by atoms with Gasteiger partial charge in [-0.1, -0.05) is 11.6 Å². The maximum atomic E-state index is 12.6. The SMILES string of the molecule is COc1ccc(N2C(=O)C(=O)N(C[NH+](C)Cc3ccc(Cl)s3)C2=O)cc1. The summed E-state index contributed by atoms with van der Waals surface area (Å²) in [4.78, 5) is 40.9. The number of benzene rings is 1. The van der Waals surface area contributed by atoms with Crippen LogP contribution in [0.2, 0.25) is 4.34 Å². The second-order valence-electron chi connectivity index (χ2n) is 5.85. The highest BCUT2D eigenvalue weighted by Gasteiger charge is 2.46. The van der Waals surface area contributed by atoms with Crippen LogP contribution >= 0.6 is 22.9 Å². The molecule has 0 saturated carbocycles. The number of hydrogen-bond acceptors (Lipinski definition) is 5. The number of hydrogen-bond donors (Lipinski definition) is 1. The molecule has 1 aromatic heterocycles. The molecule has 1 unspecified atom stereocenters. The third kappa shape index (κ3) is 3.57. The van der Waals surface area contributed by atoms with Crippen molar-refractivity contribution in [3.63, 3.8) is 0 Å². The summed E-state index contributed by atoms with van der Waals surface area (Å²) in [6, 6.07) is 9.44. The normalized spacial score (nSPS) is 15.7. The van der Waals surface area contributed by atoms with Gasteiger partial charge in [-0.2, -0.15) is 0 Å². The summed E-state index contributed by atoms with van der Waals surface area (Å²) in [5.41, 5.74) is 0.333. The number of nitrogens with zero attached hydrogens (tertiary/aromatic N) is 2. The van der Waals surface area contributed by atoms with Gasteiger partial charge in [0.2, 0.25) is 0 Å². The number of urea groups is 1. The average molecular weight is 395 g/mol. The molecule has 2 aromatic rings. The molecule has 1 fully saturated rings. The first-order chi connectivity index (χ1) is 12.4. The summed E-state index contributed by atoms with van der Waals surface area (Å²) in [7, 11) is 3.36. The van der Waals surface area contributed by atoms with E-state index in [2.05, 4.69) is 0 Å². The number of anilines is 1. The first kappa shape index (κ1) is 18.4. The van der Waals surface area contributed by atoms with E-state index in [1.807, 2.05) is 13.1 Å². The predicted molar refractivity (Wildman–Crippen MR) is 97.5 cm³/mol. The van der Waals surface area contributed by atoms with Gasteiger partial charge >= 0.3 is 17.8 Å². The number of thiophene rings is 1. The number of quaternary nitrogens is 1. The molecule has 7 nitrogen and oxygen atoms in total. The van der Waals surface area contributed by atoms with Crippen LogP contribution < -0.4 is 14.5 Å². The van der Waals surface area contributed by atoms with Crippen LogP contribution in [0.3, 0.4) is 0 Å². The minimum absolute atomic E-state index is 0.0889. The third-order valence-corrected chi connectivity index (χ3v) is 5.15. The van der Waals surface area contributed by atoms with Crippen molar-refractivity contribution in [3.05, 3.63) is 45.6 Å². The molecule has 1 N–H and O–H groups in total. The predicted octanol–water partition coefficient (Wildman–Crippen LogP) is 1.38. The maximum absolute atomic E-state index is 12.6. The Balaban J connectivity index is 1.73. The lowest BCUT2D eigenvalue weighted by molar-refractivity contribution is -0.900. The van der Waals surface area contributed by atoms with E-state index in [0.717, 1.165) is 19.6 Å². The largest absolute Gasteiger partial charge is 0.497 e. The van der Waals surface area contributed by atoms with Gasteiger partial charge in [-0.15, -0.1) is 11.3 Å². The summed E-state index contributed by atoms with van der Waals surface area (Å²) in [5.74, 6) is -1.09. The first-order valence-corrected chi connectivity index (χ1v) is 8.99. The van der Waals surface area contributed by atoms with Crippen LogP contribution in [-0.4, -0.2) is 43.6 Å². The van der Waals surface area contributed by atoms with Gasteiger partial charge in [0, 0.05) is 0 Å². The Bertz CT molecular complexity index is 852. The van der Waals surface area contributed by atoms with E-state index in [4.69, 9.17) is 16.3 Å². The fraction of sp³-hybridized carbons (Fsp3) is 0.235. The Hall–Kier alpha value is -2.42.